The molecular weight excluding hydrogens is 629 g/mol. The van der Waals surface area contributed by atoms with Gasteiger partial charge in [-0.15, -0.1) is 0 Å². The number of hydrogen-bond donors (Lipinski definition) is 0. The van der Waals surface area contributed by atoms with Gasteiger partial charge in [0.05, 0.1) is 62.9 Å². The summed E-state index contributed by atoms with van der Waals surface area (Å²) in [6, 6.07) is 0. The molecule has 0 saturated carbocycles. The fourth-order valence-corrected chi connectivity index (χ4v) is 5.53. The van der Waals surface area contributed by atoms with E-state index >= 15 is 0 Å². The van der Waals surface area contributed by atoms with Gasteiger partial charge in [0.2, 0.25) is 0 Å². The Balaban J connectivity index is 2.53. The number of rotatable bonds is 3. The maximum atomic E-state index is 12.9. The minimum absolute atomic E-state index is 0.0573. The molecule has 3 nitrogen and oxygen atoms in total. The Labute approximate surface area is 232 Å². The van der Waals surface area contributed by atoms with E-state index in [-0.39, 0.29) is 78.0 Å². The molecule has 0 fully saturated rings. The van der Waals surface area contributed by atoms with E-state index < -0.39 is 5.97 Å². The van der Waals surface area contributed by atoms with Crippen LogP contribution in [0.4, 0.5) is 0 Å². The molecule has 0 atom stereocenters. The van der Waals surface area contributed by atoms with Crippen LogP contribution in [-0.4, -0.2) is 18.1 Å². The lowest BCUT2D eigenvalue weighted by Crippen LogP contribution is -2.08. The Morgan fingerprint density at radius 1 is 0.594 bits per heavy atom. The number of halogens is 10. The zero-order valence-corrected chi connectivity index (χ0v) is 22.8. The molecule has 13 heteroatoms. The Bertz CT molecular complexity index is 1150. The largest absolute Gasteiger partial charge is 0.465 e. The van der Waals surface area contributed by atoms with Gasteiger partial charge in [-0.2, -0.15) is 0 Å². The van der Waals surface area contributed by atoms with E-state index in [4.69, 9.17) is 121 Å². The van der Waals surface area contributed by atoms with E-state index in [9.17, 15) is 4.79 Å². The molecule has 0 saturated heterocycles. The number of carbonyl (C=O) groups is 1. The van der Waals surface area contributed by atoms with Gasteiger partial charge in [-0.25, -0.2) is 4.79 Å². The quantitative estimate of drug-likeness (QED) is 0.164. The summed E-state index contributed by atoms with van der Waals surface area (Å²) in [7, 11) is 1.17. The number of methoxy groups -OCH3 is 1. The number of aromatic nitrogens is 1. The molecule has 32 heavy (non-hydrogen) atoms. The van der Waals surface area contributed by atoms with Crippen LogP contribution >= 0.6 is 116 Å². The third-order valence-electron chi connectivity index (χ3n) is 4.29. The average Bonchev–Trinajstić information content (AvgIpc) is 2.78. The summed E-state index contributed by atoms with van der Waals surface area (Å²) in [5.41, 5.74) is 0.319. The number of nitrogens with zero attached hydrogens (tertiary/aromatic N) is 1. The smallest absolute Gasteiger partial charge is 0.339 e. The van der Waals surface area contributed by atoms with Gasteiger partial charge in [0.15, 0.2) is 0 Å². The summed E-state index contributed by atoms with van der Waals surface area (Å²) in [4.78, 5) is 17.1. The first kappa shape index (κ1) is 26.6. The van der Waals surface area contributed by atoms with Crippen molar-refractivity contribution in [2.45, 2.75) is 0 Å². The van der Waals surface area contributed by atoms with Crippen molar-refractivity contribution in [3.63, 3.8) is 0 Å². The van der Waals surface area contributed by atoms with Crippen LogP contribution in [0.1, 0.15) is 10.4 Å². The topological polar surface area (TPSA) is 39.2 Å². The van der Waals surface area contributed by atoms with Crippen LogP contribution < -0.4 is 0 Å². The molecule has 0 N–H and O–H groups in total. The Kier molecular flexibility index (Phi) is 8.54. The molecular formula is C19H5Cl10NO2. The maximum Gasteiger partial charge on any atom is 0.339 e. The first-order valence-electron chi connectivity index (χ1n) is 8.05. The maximum absolute atomic E-state index is 12.9. The molecule has 0 bridgehead atoms. The molecule has 168 valence electrons. The first-order valence-corrected chi connectivity index (χ1v) is 11.8. The van der Waals surface area contributed by atoms with Crippen molar-refractivity contribution < 1.29 is 9.53 Å². The van der Waals surface area contributed by atoms with Crippen molar-refractivity contribution in [2.24, 2.45) is 0 Å². The van der Waals surface area contributed by atoms with Crippen LogP contribution in [0.5, 0.6) is 0 Å². The molecule has 0 radical (unpaired) electrons. The third kappa shape index (κ3) is 4.35. The number of ether oxygens (including phenoxy) is 1. The fourth-order valence-electron chi connectivity index (χ4n) is 2.84. The van der Waals surface area contributed by atoms with Crippen molar-refractivity contribution in [3.8, 4) is 22.3 Å². The van der Waals surface area contributed by atoms with Crippen LogP contribution in [0.25, 0.3) is 22.3 Å². The van der Waals surface area contributed by atoms with Gasteiger partial charge >= 0.3 is 5.97 Å². The number of benzene rings is 2. The van der Waals surface area contributed by atoms with Gasteiger partial charge < -0.3 is 4.74 Å². The zero-order valence-electron chi connectivity index (χ0n) is 15.2. The van der Waals surface area contributed by atoms with Crippen molar-refractivity contribution in [1.82, 2.24) is 4.98 Å². The minimum atomic E-state index is -0.805. The van der Waals surface area contributed by atoms with Gasteiger partial charge in [0.25, 0.3) is 0 Å². The van der Waals surface area contributed by atoms with Crippen LogP contribution in [0.2, 0.25) is 50.2 Å². The molecule has 0 unspecified atom stereocenters. The van der Waals surface area contributed by atoms with Gasteiger partial charge in [0.1, 0.15) is 0 Å². The lowest BCUT2D eigenvalue weighted by molar-refractivity contribution is 0.0602. The third-order valence-corrected chi connectivity index (χ3v) is 8.85. The Morgan fingerprint density at radius 2 is 0.875 bits per heavy atom. The molecule has 0 aliphatic heterocycles. The number of pyridine rings is 1. The normalized spacial score (nSPS) is 11.1. The van der Waals surface area contributed by atoms with E-state index in [1.54, 1.807) is 0 Å². The van der Waals surface area contributed by atoms with Gasteiger partial charge in [-0.05, 0) is 0 Å². The zero-order chi connectivity index (χ0) is 24.1. The van der Waals surface area contributed by atoms with E-state index in [0.717, 1.165) is 0 Å². The summed E-state index contributed by atoms with van der Waals surface area (Å²) >= 11 is 62.6. The number of hydrogen-bond acceptors (Lipinski definition) is 3. The van der Waals surface area contributed by atoms with Crippen molar-refractivity contribution in [1.29, 1.82) is 0 Å². The monoisotopic (exact) mass is 629 g/mol. The van der Waals surface area contributed by atoms with E-state index in [0.29, 0.717) is 0 Å². The summed E-state index contributed by atoms with van der Waals surface area (Å²) in [6.45, 7) is 0. The van der Waals surface area contributed by atoms with Crippen molar-refractivity contribution in [3.05, 3.63) is 68.2 Å². The van der Waals surface area contributed by atoms with E-state index in [2.05, 4.69) is 4.98 Å². The Morgan fingerprint density at radius 3 is 1.16 bits per heavy atom. The number of carbonyl (C=O) groups excluding carboxylic acids is 1. The van der Waals surface area contributed by atoms with Crippen LogP contribution in [-0.2, 0) is 4.74 Å². The standard InChI is InChI=1S/C19H5Cl10NO2/c1-32-19(31)6-4(7-9(20)13(24)17(28)14(25)10(7)21)2-30-3-5(6)8-11(22)15(26)18(29)16(27)12(8)23/h2-3H,1H3. The molecule has 0 amide bonds. The first-order chi connectivity index (χ1) is 14.9. The Hall–Kier alpha value is -0.0400. The summed E-state index contributed by atoms with van der Waals surface area (Å²) < 4.78 is 4.97. The molecule has 1 aromatic heterocycles. The predicted octanol–water partition coefficient (Wildman–Crippen LogP) is 10.7. The van der Waals surface area contributed by atoms with Gasteiger partial charge in [0, 0.05) is 34.6 Å². The average molecular weight is 634 g/mol. The summed E-state index contributed by atoms with van der Waals surface area (Å²) in [5, 5.41) is -0.699. The van der Waals surface area contributed by atoms with Gasteiger partial charge in [-0.3, -0.25) is 4.98 Å². The SMILES string of the molecule is COC(=O)c1c(-c2c(Cl)c(Cl)c(Cl)c(Cl)c2Cl)cncc1-c1c(Cl)c(Cl)c(Cl)c(Cl)c1Cl. The van der Waals surface area contributed by atoms with E-state index in [1.165, 1.54) is 19.5 Å². The molecule has 3 aromatic rings. The number of esters is 1. The highest BCUT2D eigenvalue weighted by molar-refractivity contribution is 6.58. The predicted molar refractivity (Wildman–Crippen MR) is 137 cm³/mol. The molecule has 0 spiro atoms. The highest BCUT2D eigenvalue weighted by atomic mass is 35.5. The second-order valence-electron chi connectivity index (χ2n) is 5.99. The highest BCUT2D eigenvalue weighted by Gasteiger charge is 2.30. The van der Waals surface area contributed by atoms with Crippen LogP contribution in [0, 0.1) is 0 Å². The van der Waals surface area contributed by atoms with E-state index in [1.807, 2.05) is 0 Å². The summed E-state index contributed by atoms with van der Waals surface area (Å²) in [5.74, 6) is -0.805. The molecule has 3 rings (SSSR count). The van der Waals surface area contributed by atoms with Crippen LogP contribution in [0.3, 0.4) is 0 Å². The molecule has 0 aliphatic rings. The molecule has 0 aliphatic carbocycles. The second kappa shape index (κ2) is 10.3. The minimum Gasteiger partial charge on any atom is -0.465 e. The van der Waals surface area contributed by atoms with Gasteiger partial charge in [-0.1, -0.05) is 116 Å². The lowest BCUT2D eigenvalue weighted by atomic mass is 9.94. The van der Waals surface area contributed by atoms with Crippen molar-refractivity contribution >= 4 is 122 Å². The fraction of sp³-hybridized carbons (Fsp3) is 0.0526. The molecule has 2 aromatic carbocycles. The van der Waals surface area contributed by atoms with Crippen molar-refractivity contribution in [2.75, 3.05) is 7.11 Å². The molecule has 1 heterocycles. The second-order valence-corrected chi connectivity index (χ2v) is 9.77. The summed E-state index contributed by atoms with van der Waals surface area (Å²) in [6.07, 6.45) is 2.62. The highest BCUT2D eigenvalue weighted by Crippen LogP contribution is 2.52. The lowest BCUT2D eigenvalue weighted by Gasteiger charge is -2.19. The van der Waals surface area contributed by atoms with Crippen LogP contribution in [0.15, 0.2) is 12.4 Å².